The smallest absolute Gasteiger partial charge is 0.115 e. The lowest BCUT2D eigenvalue weighted by atomic mass is 10.2. The lowest BCUT2D eigenvalue weighted by Crippen LogP contribution is -1.79. The first-order valence-electron chi connectivity index (χ1n) is 4.44. The highest BCUT2D eigenvalue weighted by Crippen LogP contribution is 2.04. The van der Waals surface area contributed by atoms with Crippen LogP contribution in [0.1, 0.15) is 11.3 Å². The van der Waals surface area contributed by atoms with Crippen LogP contribution in [0.15, 0.2) is 48.9 Å². The average Bonchev–Trinajstić information content (AvgIpc) is 2.29. The molecule has 2 rings (SSSR count). The third kappa shape index (κ3) is 2.26. The molecule has 2 heteroatoms. The van der Waals surface area contributed by atoms with Gasteiger partial charge in [-0.2, -0.15) is 0 Å². The van der Waals surface area contributed by atoms with E-state index in [1.54, 1.807) is 12.5 Å². The summed E-state index contributed by atoms with van der Waals surface area (Å²) in [6.07, 6.45) is 7.28. The first kappa shape index (κ1) is 8.63. The predicted molar refractivity (Wildman–Crippen MR) is 57.4 cm³/mol. The Labute approximate surface area is 83.0 Å². The molecule has 1 aromatic carbocycles. The highest BCUT2D eigenvalue weighted by Gasteiger charge is 1.85. The molecule has 2 nitrogen and oxygen atoms in total. The average molecular weight is 182 g/mol. The Balaban J connectivity index is 2.16. The molecule has 68 valence electrons. The maximum absolute atomic E-state index is 4.10. The molecule has 0 aliphatic rings. The van der Waals surface area contributed by atoms with E-state index in [2.05, 4.69) is 22.1 Å². The lowest BCUT2D eigenvalue weighted by Gasteiger charge is -1.91. The van der Waals surface area contributed by atoms with E-state index in [0.29, 0.717) is 0 Å². The number of aromatic nitrogens is 2. The molecule has 0 aliphatic heterocycles. The molecule has 0 N–H and O–H groups in total. The summed E-state index contributed by atoms with van der Waals surface area (Å²) in [5.41, 5.74) is 2.09. The second-order valence-corrected chi connectivity index (χ2v) is 2.88. The second kappa shape index (κ2) is 4.33. The minimum atomic E-state index is 0.920. The van der Waals surface area contributed by atoms with Crippen LogP contribution < -0.4 is 0 Å². The van der Waals surface area contributed by atoms with Gasteiger partial charge < -0.3 is 0 Å². The third-order valence-electron chi connectivity index (χ3n) is 1.85. The summed E-state index contributed by atoms with van der Waals surface area (Å²) < 4.78 is 0. The lowest BCUT2D eigenvalue weighted by molar-refractivity contribution is 1.15. The van der Waals surface area contributed by atoms with Crippen molar-refractivity contribution in [2.75, 3.05) is 0 Å². The van der Waals surface area contributed by atoms with Gasteiger partial charge >= 0.3 is 0 Å². The van der Waals surface area contributed by atoms with Gasteiger partial charge in [-0.05, 0) is 17.7 Å². The van der Waals surface area contributed by atoms with Crippen molar-refractivity contribution in [2.45, 2.75) is 0 Å². The number of hydrogen-bond acceptors (Lipinski definition) is 2. The van der Waals surface area contributed by atoms with Gasteiger partial charge in [-0.15, -0.1) is 0 Å². The fourth-order valence-corrected chi connectivity index (χ4v) is 1.15. The van der Waals surface area contributed by atoms with Crippen molar-refractivity contribution in [2.24, 2.45) is 0 Å². The van der Waals surface area contributed by atoms with Crippen molar-refractivity contribution in [3.63, 3.8) is 0 Å². The van der Waals surface area contributed by atoms with Crippen LogP contribution in [0.2, 0.25) is 0 Å². The third-order valence-corrected chi connectivity index (χ3v) is 1.85. The molecule has 0 unspecified atom stereocenters. The maximum atomic E-state index is 4.10. The van der Waals surface area contributed by atoms with Gasteiger partial charge in [0.1, 0.15) is 6.33 Å². The van der Waals surface area contributed by atoms with E-state index in [1.165, 1.54) is 5.56 Å². The summed E-state index contributed by atoms with van der Waals surface area (Å²) in [5.74, 6) is 0. The Kier molecular flexibility index (Phi) is 2.67. The Morgan fingerprint density at radius 1 is 0.929 bits per heavy atom. The molecule has 1 heterocycles. The van der Waals surface area contributed by atoms with Crippen molar-refractivity contribution >= 4 is 12.2 Å². The van der Waals surface area contributed by atoms with Gasteiger partial charge in [0, 0.05) is 6.20 Å². The second-order valence-electron chi connectivity index (χ2n) is 2.88. The highest BCUT2D eigenvalue weighted by atomic mass is 14.8. The number of rotatable bonds is 2. The molecule has 0 atom stereocenters. The van der Waals surface area contributed by atoms with Crippen LogP contribution >= 0.6 is 0 Å². The molecule has 0 fully saturated rings. The molecular formula is C12H10N2. The van der Waals surface area contributed by atoms with E-state index in [1.807, 2.05) is 36.4 Å². The van der Waals surface area contributed by atoms with Gasteiger partial charge in [0.2, 0.25) is 0 Å². The van der Waals surface area contributed by atoms with E-state index in [4.69, 9.17) is 0 Å². The van der Waals surface area contributed by atoms with Gasteiger partial charge in [0.25, 0.3) is 0 Å². The van der Waals surface area contributed by atoms with Gasteiger partial charge in [-0.25, -0.2) is 9.97 Å². The van der Waals surface area contributed by atoms with Crippen molar-refractivity contribution in [3.8, 4) is 0 Å². The van der Waals surface area contributed by atoms with E-state index in [9.17, 15) is 0 Å². The molecule has 0 saturated carbocycles. The molecule has 0 bridgehead atoms. The number of benzene rings is 1. The fraction of sp³-hybridized carbons (Fsp3) is 0. The summed E-state index contributed by atoms with van der Waals surface area (Å²) in [5, 5.41) is 0. The topological polar surface area (TPSA) is 25.8 Å². The summed E-state index contributed by atoms with van der Waals surface area (Å²) >= 11 is 0. The van der Waals surface area contributed by atoms with Crippen LogP contribution in [0.4, 0.5) is 0 Å². The number of hydrogen-bond donors (Lipinski definition) is 0. The van der Waals surface area contributed by atoms with Crippen LogP contribution in [0.3, 0.4) is 0 Å². The molecule has 2 aromatic rings. The zero-order valence-electron chi connectivity index (χ0n) is 7.67. The monoisotopic (exact) mass is 182 g/mol. The van der Waals surface area contributed by atoms with Crippen molar-refractivity contribution in [1.82, 2.24) is 9.97 Å². The largest absolute Gasteiger partial charge is 0.245 e. The van der Waals surface area contributed by atoms with Crippen LogP contribution in [0.25, 0.3) is 12.2 Å². The number of nitrogens with zero attached hydrogens (tertiary/aromatic N) is 2. The molecule has 0 spiro atoms. The zero-order valence-corrected chi connectivity index (χ0v) is 7.67. The van der Waals surface area contributed by atoms with Gasteiger partial charge in [-0.1, -0.05) is 36.4 Å². The molecule has 0 aliphatic carbocycles. The van der Waals surface area contributed by atoms with Gasteiger partial charge in [0.05, 0.1) is 5.69 Å². The Bertz CT molecular complexity index is 365. The summed E-state index contributed by atoms with van der Waals surface area (Å²) in [6, 6.07) is 12.0. The predicted octanol–water partition coefficient (Wildman–Crippen LogP) is 2.65. The van der Waals surface area contributed by atoms with Gasteiger partial charge in [-0.3, -0.25) is 0 Å². The molecule has 0 amide bonds. The summed E-state index contributed by atoms with van der Waals surface area (Å²) in [7, 11) is 0. The van der Waals surface area contributed by atoms with E-state index in [-0.39, 0.29) is 0 Å². The van der Waals surface area contributed by atoms with Crippen molar-refractivity contribution in [1.29, 1.82) is 0 Å². The SMILES string of the molecule is C(=C\c1ccncn1)/c1ccccc1. The fourth-order valence-electron chi connectivity index (χ4n) is 1.15. The van der Waals surface area contributed by atoms with Crippen molar-refractivity contribution < 1.29 is 0 Å². The quantitative estimate of drug-likeness (QED) is 0.713. The Morgan fingerprint density at radius 3 is 2.50 bits per heavy atom. The molecular weight excluding hydrogens is 172 g/mol. The van der Waals surface area contributed by atoms with Crippen LogP contribution in [0.5, 0.6) is 0 Å². The highest BCUT2D eigenvalue weighted by molar-refractivity contribution is 5.67. The van der Waals surface area contributed by atoms with E-state index < -0.39 is 0 Å². The molecule has 1 aromatic heterocycles. The summed E-state index contributed by atoms with van der Waals surface area (Å²) in [4.78, 5) is 7.95. The minimum absolute atomic E-state index is 0.920. The van der Waals surface area contributed by atoms with Crippen LogP contribution in [0, 0.1) is 0 Å². The first-order valence-corrected chi connectivity index (χ1v) is 4.44. The Morgan fingerprint density at radius 2 is 1.79 bits per heavy atom. The minimum Gasteiger partial charge on any atom is -0.245 e. The van der Waals surface area contributed by atoms with Crippen LogP contribution in [-0.4, -0.2) is 9.97 Å². The van der Waals surface area contributed by atoms with Crippen LogP contribution in [-0.2, 0) is 0 Å². The van der Waals surface area contributed by atoms with E-state index >= 15 is 0 Å². The van der Waals surface area contributed by atoms with Crippen molar-refractivity contribution in [3.05, 3.63) is 60.2 Å². The normalized spacial score (nSPS) is 10.6. The standard InChI is InChI=1S/C12H10N2/c1-2-4-11(5-3-1)6-7-12-8-9-13-10-14-12/h1-10H/b7-6+. The summed E-state index contributed by atoms with van der Waals surface area (Å²) in [6.45, 7) is 0. The molecule has 0 saturated heterocycles. The van der Waals surface area contributed by atoms with E-state index in [0.717, 1.165) is 5.69 Å². The van der Waals surface area contributed by atoms with Gasteiger partial charge in [0.15, 0.2) is 0 Å². The molecule has 0 radical (unpaired) electrons. The maximum Gasteiger partial charge on any atom is 0.115 e. The zero-order chi connectivity index (χ0) is 9.64. The molecule has 14 heavy (non-hydrogen) atoms. The first-order chi connectivity index (χ1) is 6.95. The Hall–Kier alpha value is -1.96.